The van der Waals surface area contributed by atoms with Crippen molar-refractivity contribution < 1.29 is 0 Å². The van der Waals surface area contributed by atoms with Crippen molar-refractivity contribution >= 4 is 5.82 Å². The summed E-state index contributed by atoms with van der Waals surface area (Å²) in [5.74, 6) is 1.41. The maximum Gasteiger partial charge on any atom is 0.252 e. The number of aromatic amines is 1. The Balaban J connectivity index is 2.34. The van der Waals surface area contributed by atoms with Crippen LogP contribution in [0.1, 0.15) is 40.0 Å². The highest BCUT2D eigenvalue weighted by Crippen LogP contribution is 2.10. The van der Waals surface area contributed by atoms with Crippen LogP contribution in [0.4, 0.5) is 5.82 Å². The minimum absolute atomic E-state index is 0.119. The molecule has 0 aliphatic rings. The lowest BCUT2D eigenvalue weighted by Crippen LogP contribution is -2.18. The number of rotatable bonds is 6. The van der Waals surface area contributed by atoms with E-state index in [1.54, 1.807) is 0 Å². The van der Waals surface area contributed by atoms with E-state index < -0.39 is 0 Å². The molecule has 0 fully saturated rings. The number of hydrogen-bond acceptors (Lipinski definition) is 3. The van der Waals surface area contributed by atoms with Crippen molar-refractivity contribution in [2.75, 3.05) is 5.32 Å². The maximum absolute atomic E-state index is 11.0. The first-order valence-corrected chi connectivity index (χ1v) is 5.89. The van der Waals surface area contributed by atoms with Crippen LogP contribution in [0, 0.1) is 5.92 Å². The molecule has 1 unspecified atom stereocenters. The Bertz CT molecular complexity index is 359. The maximum atomic E-state index is 11.0. The van der Waals surface area contributed by atoms with Crippen LogP contribution in [0.2, 0.25) is 0 Å². The van der Waals surface area contributed by atoms with Gasteiger partial charge >= 0.3 is 0 Å². The standard InChI is InChI=1S/C12H21N3O/c1-9(2)5-4-6-10(3)15-11-7-12(16)14-8-13-11/h7-10H,4-6H2,1-3H3,(H2,13,14,15,16). The Morgan fingerprint density at radius 3 is 2.75 bits per heavy atom. The number of hydrogen-bond donors (Lipinski definition) is 2. The van der Waals surface area contributed by atoms with Crippen molar-refractivity contribution in [2.45, 2.75) is 46.1 Å². The van der Waals surface area contributed by atoms with Crippen LogP contribution in [0.3, 0.4) is 0 Å². The molecule has 16 heavy (non-hydrogen) atoms. The van der Waals surface area contributed by atoms with Gasteiger partial charge in [0.25, 0.3) is 5.56 Å². The van der Waals surface area contributed by atoms with Gasteiger partial charge in [-0.1, -0.05) is 26.7 Å². The molecule has 0 radical (unpaired) electrons. The molecule has 0 aliphatic heterocycles. The fourth-order valence-electron chi connectivity index (χ4n) is 1.60. The molecule has 0 aromatic carbocycles. The Labute approximate surface area is 96.5 Å². The summed E-state index contributed by atoms with van der Waals surface area (Å²) >= 11 is 0. The minimum Gasteiger partial charge on any atom is -0.367 e. The summed E-state index contributed by atoms with van der Waals surface area (Å²) in [5.41, 5.74) is -0.119. The smallest absolute Gasteiger partial charge is 0.252 e. The monoisotopic (exact) mass is 223 g/mol. The van der Waals surface area contributed by atoms with Crippen LogP contribution in [0.25, 0.3) is 0 Å². The zero-order chi connectivity index (χ0) is 12.0. The minimum atomic E-state index is -0.119. The average molecular weight is 223 g/mol. The largest absolute Gasteiger partial charge is 0.367 e. The van der Waals surface area contributed by atoms with Crippen molar-refractivity contribution in [3.8, 4) is 0 Å². The third kappa shape index (κ3) is 4.96. The van der Waals surface area contributed by atoms with E-state index in [9.17, 15) is 4.79 Å². The molecule has 0 spiro atoms. The van der Waals surface area contributed by atoms with E-state index in [2.05, 4.69) is 36.1 Å². The summed E-state index contributed by atoms with van der Waals surface area (Å²) in [5, 5.41) is 3.23. The molecule has 0 bridgehead atoms. The van der Waals surface area contributed by atoms with E-state index in [0.29, 0.717) is 11.9 Å². The molecule has 0 saturated heterocycles. The Kier molecular flexibility index (Phi) is 5.02. The quantitative estimate of drug-likeness (QED) is 0.778. The molecule has 1 aromatic heterocycles. The first-order valence-electron chi connectivity index (χ1n) is 5.89. The van der Waals surface area contributed by atoms with Crippen LogP contribution in [-0.4, -0.2) is 16.0 Å². The van der Waals surface area contributed by atoms with Crippen LogP contribution in [-0.2, 0) is 0 Å². The summed E-state index contributed by atoms with van der Waals surface area (Å²) in [6, 6.07) is 1.84. The van der Waals surface area contributed by atoms with Crippen molar-refractivity contribution in [3.63, 3.8) is 0 Å². The van der Waals surface area contributed by atoms with E-state index >= 15 is 0 Å². The lowest BCUT2D eigenvalue weighted by molar-refractivity contribution is 0.520. The highest BCUT2D eigenvalue weighted by atomic mass is 16.1. The van der Waals surface area contributed by atoms with Gasteiger partial charge in [-0.15, -0.1) is 0 Å². The van der Waals surface area contributed by atoms with Gasteiger partial charge in [-0.05, 0) is 19.3 Å². The van der Waals surface area contributed by atoms with Gasteiger partial charge in [0, 0.05) is 12.1 Å². The zero-order valence-corrected chi connectivity index (χ0v) is 10.3. The number of aromatic nitrogens is 2. The van der Waals surface area contributed by atoms with E-state index in [4.69, 9.17) is 0 Å². The molecule has 1 rings (SSSR count). The lowest BCUT2D eigenvalue weighted by Gasteiger charge is -2.14. The molecule has 2 N–H and O–H groups in total. The van der Waals surface area contributed by atoms with E-state index in [-0.39, 0.29) is 5.56 Å². The predicted molar refractivity (Wildman–Crippen MR) is 66.6 cm³/mol. The SMILES string of the molecule is CC(C)CCCC(C)Nc1cc(=O)[nH]cn1. The fraction of sp³-hybridized carbons (Fsp3) is 0.667. The molecule has 1 atom stereocenters. The van der Waals surface area contributed by atoms with Crippen molar-refractivity contribution in [2.24, 2.45) is 5.92 Å². The van der Waals surface area contributed by atoms with Gasteiger partial charge in [0.1, 0.15) is 5.82 Å². The van der Waals surface area contributed by atoms with Crippen molar-refractivity contribution in [3.05, 3.63) is 22.7 Å². The third-order valence-electron chi connectivity index (χ3n) is 2.49. The highest BCUT2D eigenvalue weighted by Gasteiger charge is 2.03. The molecule has 0 aliphatic carbocycles. The van der Waals surface area contributed by atoms with E-state index in [1.807, 2.05) is 0 Å². The molecule has 90 valence electrons. The van der Waals surface area contributed by atoms with Gasteiger partial charge in [-0.2, -0.15) is 0 Å². The topological polar surface area (TPSA) is 57.8 Å². The third-order valence-corrected chi connectivity index (χ3v) is 2.49. The summed E-state index contributed by atoms with van der Waals surface area (Å²) in [6.45, 7) is 6.58. The van der Waals surface area contributed by atoms with Crippen molar-refractivity contribution in [1.29, 1.82) is 0 Å². The zero-order valence-electron chi connectivity index (χ0n) is 10.3. The molecular weight excluding hydrogens is 202 g/mol. The van der Waals surface area contributed by atoms with Crippen LogP contribution in [0.5, 0.6) is 0 Å². The average Bonchev–Trinajstić information content (AvgIpc) is 2.16. The lowest BCUT2D eigenvalue weighted by atomic mass is 10.0. The molecule has 0 amide bonds. The number of H-pyrrole nitrogens is 1. The van der Waals surface area contributed by atoms with Crippen LogP contribution in [0.15, 0.2) is 17.2 Å². The fourth-order valence-corrected chi connectivity index (χ4v) is 1.60. The van der Waals surface area contributed by atoms with Crippen molar-refractivity contribution in [1.82, 2.24) is 9.97 Å². The second-order valence-electron chi connectivity index (χ2n) is 4.67. The highest BCUT2D eigenvalue weighted by molar-refractivity contribution is 5.32. The summed E-state index contributed by atoms with van der Waals surface area (Å²) < 4.78 is 0. The molecule has 0 saturated carbocycles. The molecule has 4 nitrogen and oxygen atoms in total. The second-order valence-corrected chi connectivity index (χ2v) is 4.67. The number of anilines is 1. The second kappa shape index (κ2) is 6.30. The van der Waals surface area contributed by atoms with Gasteiger partial charge in [0.05, 0.1) is 6.33 Å². The van der Waals surface area contributed by atoms with Gasteiger partial charge in [-0.25, -0.2) is 4.98 Å². The molecule has 1 aromatic rings. The molecule has 1 heterocycles. The Morgan fingerprint density at radius 2 is 2.12 bits per heavy atom. The summed E-state index contributed by atoms with van der Waals surface area (Å²) in [6.07, 6.45) is 4.97. The summed E-state index contributed by atoms with van der Waals surface area (Å²) in [4.78, 5) is 17.6. The Morgan fingerprint density at radius 1 is 1.38 bits per heavy atom. The van der Waals surface area contributed by atoms with Crippen LogP contribution < -0.4 is 10.9 Å². The molecular formula is C12H21N3O. The van der Waals surface area contributed by atoms with Gasteiger partial charge in [0.15, 0.2) is 0 Å². The van der Waals surface area contributed by atoms with E-state index in [1.165, 1.54) is 25.2 Å². The number of nitrogens with zero attached hydrogens (tertiary/aromatic N) is 1. The van der Waals surface area contributed by atoms with Crippen LogP contribution >= 0.6 is 0 Å². The predicted octanol–water partition coefficient (Wildman–Crippen LogP) is 2.40. The summed E-state index contributed by atoms with van der Waals surface area (Å²) in [7, 11) is 0. The van der Waals surface area contributed by atoms with E-state index in [0.717, 1.165) is 12.3 Å². The molecule has 4 heteroatoms. The van der Waals surface area contributed by atoms with Gasteiger partial charge in [0.2, 0.25) is 0 Å². The van der Waals surface area contributed by atoms with Gasteiger partial charge < -0.3 is 10.3 Å². The Hall–Kier alpha value is -1.32. The van der Waals surface area contributed by atoms with Gasteiger partial charge in [-0.3, -0.25) is 4.79 Å². The number of nitrogens with one attached hydrogen (secondary N) is 2. The first kappa shape index (κ1) is 12.7. The normalized spacial score (nSPS) is 12.8. The first-order chi connectivity index (χ1) is 7.58.